The van der Waals surface area contributed by atoms with Gasteiger partial charge in [-0.2, -0.15) is 5.10 Å². The number of rotatable bonds is 4. The number of pyridine rings is 1. The summed E-state index contributed by atoms with van der Waals surface area (Å²) in [6.45, 7) is 3.86. The molecular formula is C18H20N6O. The van der Waals surface area contributed by atoms with Crippen molar-refractivity contribution in [2.75, 3.05) is 42.9 Å². The fourth-order valence-corrected chi connectivity index (χ4v) is 3.09. The number of piperazine rings is 1. The summed E-state index contributed by atoms with van der Waals surface area (Å²) in [5.74, 6) is 1.00. The van der Waals surface area contributed by atoms with Gasteiger partial charge in [0.05, 0.1) is 18.3 Å². The molecule has 1 aromatic carbocycles. The molecule has 7 nitrogen and oxygen atoms in total. The summed E-state index contributed by atoms with van der Waals surface area (Å²) in [6, 6.07) is 11.7. The number of fused-ring (bicyclic) bond motifs is 1. The molecule has 1 aliphatic heterocycles. The van der Waals surface area contributed by atoms with Crippen molar-refractivity contribution in [3.8, 4) is 0 Å². The number of carbonyl (C=O) groups excluding carboxylic acids is 1. The highest BCUT2D eigenvalue weighted by Crippen LogP contribution is 2.17. The third-order valence-electron chi connectivity index (χ3n) is 4.44. The van der Waals surface area contributed by atoms with Crippen molar-refractivity contribution >= 4 is 28.3 Å². The van der Waals surface area contributed by atoms with E-state index in [1.165, 1.54) is 0 Å². The largest absolute Gasteiger partial charge is 0.354 e. The Kier molecular flexibility index (Phi) is 4.30. The molecule has 7 heteroatoms. The predicted molar refractivity (Wildman–Crippen MR) is 97.6 cm³/mol. The summed E-state index contributed by atoms with van der Waals surface area (Å²) >= 11 is 0. The van der Waals surface area contributed by atoms with Crippen LogP contribution in [0.4, 0.5) is 11.5 Å². The van der Waals surface area contributed by atoms with E-state index in [2.05, 4.69) is 30.3 Å². The van der Waals surface area contributed by atoms with Crippen LogP contribution in [0.3, 0.4) is 0 Å². The average molecular weight is 336 g/mol. The Morgan fingerprint density at radius 1 is 1.16 bits per heavy atom. The molecule has 0 spiro atoms. The van der Waals surface area contributed by atoms with E-state index >= 15 is 0 Å². The van der Waals surface area contributed by atoms with Crippen LogP contribution in [0.2, 0.25) is 0 Å². The van der Waals surface area contributed by atoms with Gasteiger partial charge in [-0.3, -0.25) is 14.8 Å². The van der Waals surface area contributed by atoms with Crippen LogP contribution < -0.4 is 10.2 Å². The topological polar surface area (TPSA) is 77.2 Å². The van der Waals surface area contributed by atoms with Gasteiger partial charge < -0.3 is 10.2 Å². The van der Waals surface area contributed by atoms with E-state index in [-0.39, 0.29) is 5.91 Å². The molecular weight excluding hydrogens is 316 g/mol. The maximum Gasteiger partial charge on any atom is 0.238 e. The normalized spacial score (nSPS) is 15.4. The van der Waals surface area contributed by atoms with Gasteiger partial charge in [-0.15, -0.1) is 0 Å². The second-order valence-corrected chi connectivity index (χ2v) is 6.17. The van der Waals surface area contributed by atoms with Gasteiger partial charge in [-0.05, 0) is 30.3 Å². The molecule has 0 bridgehead atoms. The Bertz CT molecular complexity index is 854. The number of anilines is 2. The Balaban J connectivity index is 1.30. The van der Waals surface area contributed by atoms with Gasteiger partial charge in [0.25, 0.3) is 0 Å². The summed E-state index contributed by atoms with van der Waals surface area (Å²) in [6.07, 6.45) is 3.58. The number of benzene rings is 1. The van der Waals surface area contributed by atoms with Crippen molar-refractivity contribution in [1.29, 1.82) is 0 Å². The predicted octanol–water partition coefficient (Wildman–Crippen LogP) is 1.72. The number of nitrogens with zero attached hydrogens (tertiary/aromatic N) is 4. The van der Waals surface area contributed by atoms with Crippen molar-refractivity contribution in [1.82, 2.24) is 20.1 Å². The molecule has 4 rings (SSSR count). The quantitative estimate of drug-likeness (QED) is 0.759. The zero-order valence-electron chi connectivity index (χ0n) is 13.9. The van der Waals surface area contributed by atoms with Crippen LogP contribution in [0.15, 0.2) is 48.8 Å². The zero-order valence-corrected chi connectivity index (χ0v) is 13.9. The molecule has 128 valence electrons. The van der Waals surface area contributed by atoms with Crippen LogP contribution in [0.5, 0.6) is 0 Å². The number of aromatic amines is 1. The molecule has 3 heterocycles. The average Bonchev–Trinajstić information content (AvgIpc) is 3.11. The molecule has 0 aliphatic carbocycles. The monoisotopic (exact) mass is 336 g/mol. The van der Waals surface area contributed by atoms with E-state index in [4.69, 9.17) is 0 Å². The van der Waals surface area contributed by atoms with E-state index in [9.17, 15) is 4.79 Å². The smallest absolute Gasteiger partial charge is 0.238 e. The first-order valence-electron chi connectivity index (χ1n) is 8.39. The summed E-state index contributed by atoms with van der Waals surface area (Å²) in [4.78, 5) is 21.1. The van der Waals surface area contributed by atoms with E-state index in [1.807, 2.05) is 42.6 Å². The Morgan fingerprint density at radius 3 is 2.84 bits per heavy atom. The summed E-state index contributed by atoms with van der Waals surface area (Å²) in [5.41, 5.74) is 1.70. The highest BCUT2D eigenvalue weighted by atomic mass is 16.2. The molecule has 0 radical (unpaired) electrons. The van der Waals surface area contributed by atoms with Gasteiger partial charge in [-0.1, -0.05) is 6.07 Å². The molecule has 0 unspecified atom stereocenters. The van der Waals surface area contributed by atoms with Crippen LogP contribution >= 0.6 is 0 Å². The van der Waals surface area contributed by atoms with Gasteiger partial charge in [0.15, 0.2) is 0 Å². The van der Waals surface area contributed by atoms with Crippen LogP contribution in [0.25, 0.3) is 10.9 Å². The SMILES string of the molecule is O=C(CN1CCN(c2ccccn2)CC1)Nc1ccc2cn[nH]c2c1. The number of nitrogens with one attached hydrogen (secondary N) is 2. The van der Waals surface area contributed by atoms with Crippen molar-refractivity contribution in [2.45, 2.75) is 0 Å². The number of carbonyl (C=O) groups is 1. The number of hydrogen-bond donors (Lipinski definition) is 2. The number of hydrogen-bond acceptors (Lipinski definition) is 5. The Morgan fingerprint density at radius 2 is 2.04 bits per heavy atom. The third-order valence-corrected chi connectivity index (χ3v) is 4.44. The number of aromatic nitrogens is 3. The molecule has 1 fully saturated rings. The standard InChI is InChI=1S/C18H20N6O/c25-18(21-15-5-4-14-12-20-22-16(14)11-15)13-23-7-9-24(10-8-23)17-3-1-2-6-19-17/h1-6,11-12H,7-10,13H2,(H,20,22)(H,21,25). The molecule has 0 atom stereocenters. The van der Waals surface area contributed by atoms with Gasteiger partial charge in [0.2, 0.25) is 5.91 Å². The Labute approximate surface area is 145 Å². The van der Waals surface area contributed by atoms with Crippen molar-refractivity contribution in [3.05, 3.63) is 48.8 Å². The molecule has 2 aromatic heterocycles. The summed E-state index contributed by atoms with van der Waals surface area (Å²) < 4.78 is 0. The fraction of sp³-hybridized carbons (Fsp3) is 0.278. The van der Waals surface area contributed by atoms with Gasteiger partial charge in [-0.25, -0.2) is 4.98 Å². The second kappa shape index (κ2) is 6.90. The molecule has 25 heavy (non-hydrogen) atoms. The summed E-state index contributed by atoms with van der Waals surface area (Å²) in [5, 5.41) is 10.9. The van der Waals surface area contributed by atoms with Crippen molar-refractivity contribution in [3.63, 3.8) is 0 Å². The molecule has 1 amide bonds. The van der Waals surface area contributed by atoms with Crippen LogP contribution in [-0.2, 0) is 4.79 Å². The van der Waals surface area contributed by atoms with Crippen LogP contribution in [-0.4, -0.2) is 58.7 Å². The minimum Gasteiger partial charge on any atom is -0.354 e. The van der Waals surface area contributed by atoms with E-state index in [0.29, 0.717) is 6.54 Å². The lowest BCUT2D eigenvalue weighted by Crippen LogP contribution is -2.48. The second-order valence-electron chi connectivity index (χ2n) is 6.17. The van der Waals surface area contributed by atoms with Crippen molar-refractivity contribution in [2.24, 2.45) is 0 Å². The first-order chi connectivity index (χ1) is 12.3. The lowest BCUT2D eigenvalue weighted by Gasteiger charge is -2.34. The molecule has 1 saturated heterocycles. The van der Waals surface area contributed by atoms with E-state index in [1.54, 1.807) is 6.20 Å². The third kappa shape index (κ3) is 3.61. The number of H-pyrrole nitrogens is 1. The molecule has 1 aliphatic rings. The van der Waals surface area contributed by atoms with E-state index in [0.717, 1.165) is 48.6 Å². The molecule has 2 N–H and O–H groups in total. The van der Waals surface area contributed by atoms with Gasteiger partial charge in [0, 0.05) is 43.4 Å². The maximum absolute atomic E-state index is 12.3. The lowest BCUT2D eigenvalue weighted by atomic mass is 10.2. The van der Waals surface area contributed by atoms with Gasteiger partial charge >= 0.3 is 0 Å². The molecule has 0 saturated carbocycles. The van der Waals surface area contributed by atoms with Crippen LogP contribution in [0.1, 0.15) is 0 Å². The van der Waals surface area contributed by atoms with Crippen LogP contribution in [0, 0.1) is 0 Å². The highest BCUT2D eigenvalue weighted by molar-refractivity contribution is 5.94. The molecule has 3 aromatic rings. The maximum atomic E-state index is 12.3. The first kappa shape index (κ1) is 15.6. The minimum atomic E-state index is 0.00477. The van der Waals surface area contributed by atoms with Crippen molar-refractivity contribution < 1.29 is 4.79 Å². The fourth-order valence-electron chi connectivity index (χ4n) is 3.09. The lowest BCUT2D eigenvalue weighted by molar-refractivity contribution is -0.117. The number of amides is 1. The summed E-state index contributed by atoms with van der Waals surface area (Å²) in [7, 11) is 0. The van der Waals surface area contributed by atoms with Gasteiger partial charge in [0.1, 0.15) is 5.82 Å². The van der Waals surface area contributed by atoms with E-state index < -0.39 is 0 Å². The zero-order chi connectivity index (χ0) is 17.1. The highest BCUT2D eigenvalue weighted by Gasteiger charge is 2.19. The first-order valence-corrected chi connectivity index (χ1v) is 8.39. The Hall–Kier alpha value is -2.93. The minimum absolute atomic E-state index is 0.00477.